The summed E-state index contributed by atoms with van der Waals surface area (Å²) in [5.74, 6) is -0.519. The molecule has 0 aliphatic carbocycles. The summed E-state index contributed by atoms with van der Waals surface area (Å²) in [5, 5.41) is 0. The smallest absolute Gasteiger partial charge is 0.167 e. The fourth-order valence-electron chi connectivity index (χ4n) is 1.98. The fraction of sp³-hybridized carbons (Fsp3) is 0.538. The number of hydrogen-bond donors (Lipinski definition) is 1. The van der Waals surface area contributed by atoms with E-state index in [1.54, 1.807) is 0 Å². The summed E-state index contributed by atoms with van der Waals surface area (Å²) in [7, 11) is 0. The van der Waals surface area contributed by atoms with Crippen LogP contribution in [0.3, 0.4) is 0 Å². The molecule has 5 heteroatoms. The topological polar surface area (TPSA) is 18.5 Å². The first-order valence-electron chi connectivity index (χ1n) is 5.92. The number of thiol groups is 1. The van der Waals surface area contributed by atoms with E-state index >= 15 is 0 Å². The van der Waals surface area contributed by atoms with Gasteiger partial charge < -0.3 is 9.47 Å². The lowest BCUT2D eigenvalue weighted by atomic mass is 9.83. The van der Waals surface area contributed by atoms with Crippen LogP contribution in [0.4, 0.5) is 8.78 Å². The van der Waals surface area contributed by atoms with Crippen molar-refractivity contribution >= 4 is 12.6 Å². The molecule has 0 unspecified atom stereocenters. The van der Waals surface area contributed by atoms with Crippen LogP contribution in [-0.2, 0) is 4.74 Å². The number of benzene rings is 1. The van der Waals surface area contributed by atoms with Crippen LogP contribution >= 0.6 is 12.6 Å². The molecule has 0 bridgehead atoms. The summed E-state index contributed by atoms with van der Waals surface area (Å²) in [5.41, 5.74) is -0.0812. The van der Waals surface area contributed by atoms with E-state index in [-0.39, 0.29) is 11.2 Å². The lowest BCUT2D eigenvalue weighted by molar-refractivity contribution is 0.00244. The van der Waals surface area contributed by atoms with Crippen LogP contribution < -0.4 is 4.74 Å². The third kappa shape index (κ3) is 3.14. The maximum absolute atomic E-state index is 13.4. The molecular formula is C13H16F2O2S. The number of rotatable bonds is 4. The maximum atomic E-state index is 13.4. The average molecular weight is 274 g/mol. The third-order valence-corrected chi connectivity index (χ3v) is 3.99. The van der Waals surface area contributed by atoms with E-state index in [4.69, 9.17) is 9.47 Å². The molecule has 1 aliphatic rings. The molecule has 1 saturated heterocycles. The van der Waals surface area contributed by atoms with Crippen LogP contribution in [0.15, 0.2) is 18.2 Å². The molecule has 18 heavy (non-hydrogen) atoms. The van der Waals surface area contributed by atoms with Gasteiger partial charge in [0.2, 0.25) is 0 Å². The van der Waals surface area contributed by atoms with Crippen LogP contribution in [0.1, 0.15) is 12.8 Å². The maximum Gasteiger partial charge on any atom is 0.167 e. The van der Waals surface area contributed by atoms with Crippen molar-refractivity contribution in [2.24, 2.45) is 5.41 Å². The van der Waals surface area contributed by atoms with Crippen molar-refractivity contribution in [3.05, 3.63) is 29.8 Å². The molecule has 1 aromatic carbocycles. The lowest BCUT2D eigenvalue weighted by Gasteiger charge is -2.35. The zero-order valence-electron chi connectivity index (χ0n) is 9.99. The van der Waals surface area contributed by atoms with Gasteiger partial charge in [-0.25, -0.2) is 8.78 Å². The third-order valence-electron chi connectivity index (χ3n) is 3.32. The Morgan fingerprint density at radius 3 is 2.61 bits per heavy atom. The SMILES string of the molecule is Fc1ccc(OCC2(CS)CCOCC2)c(F)c1. The van der Waals surface area contributed by atoms with Crippen molar-refractivity contribution in [1.29, 1.82) is 0 Å². The Labute approximate surface area is 111 Å². The van der Waals surface area contributed by atoms with Crippen LogP contribution in [0.5, 0.6) is 5.75 Å². The molecule has 2 rings (SSSR count). The highest BCUT2D eigenvalue weighted by atomic mass is 32.1. The Morgan fingerprint density at radius 2 is 2.00 bits per heavy atom. The molecule has 2 nitrogen and oxygen atoms in total. The van der Waals surface area contributed by atoms with E-state index in [1.165, 1.54) is 12.1 Å². The van der Waals surface area contributed by atoms with E-state index < -0.39 is 11.6 Å². The fourth-order valence-corrected chi connectivity index (χ4v) is 2.38. The summed E-state index contributed by atoms with van der Waals surface area (Å²) in [6.07, 6.45) is 1.69. The van der Waals surface area contributed by atoms with Gasteiger partial charge >= 0.3 is 0 Å². The van der Waals surface area contributed by atoms with Gasteiger partial charge in [-0.2, -0.15) is 12.6 Å². The summed E-state index contributed by atoms with van der Waals surface area (Å²) >= 11 is 4.35. The van der Waals surface area contributed by atoms with Crippen molar-refractivity contribution in [3.63, 3.8) is 0 Å². The van der Waals surface area contributed by atoms with Gasteiger partial charge in [0.15, 0.2) is 11.6 Å². The summed E-state index contributed by atoms with van der Waals surface area (Å²) in [6.45, 7) is 1.73. The monoisotopic (exact) mass is 274 g/mol. The van der Waals surface area contributed by atoms with Gasteiger partial charge in [-0.05, 0) is 30.7 Å². The first-order valence-corrected chi connectivity index (χ1v) is 6.55. The Balaban J connectivity index is 2.01. The van der Waals surface area contributed by atoms with E-state index in [2.05, 4.69) is 12.6 Å². The van der Waals surface area contributed by atoms with Gasteiger partial charge in [-0.3, -0.25) is 0 Å². The molecule has 0 amide bonds. The van der Waals surface area contributed by atoms with Gasteiger partial charge in [-0.15, -0.1) is 0 Å². The van der Waals surface area contributed by atoms with Crippen molar-refractivity contribution in [2.45, 2.75) is 12.8 Å². The van der Waals surface area contributed by atoms with Gasteiger partial charge in [0.25, 0.3) is 0 Å². The van der Waals surface area contributed by atoms with E-state index in [9.17, 15) is 8.78 Å². The second-order valence-corrected chi connectivity index (χ2v) is 4.95. The van der Waals surface area contributed by atoms with Crippen LogP contribution in [0, 0.1) is 17.0 Å². The lowest BCUT2D eigenvalue weighted by Crippen LogP contribution is -2.37. The molecule has 1 aliphatic heterocycles. The minimum Gasteiger partial charge on any atom is -0.490 e. The second kappa shape index (κ2) is 5.89. The zero-order chi connectivity index (χ0) is 13.0. The zero-order valence-corrected chi connectivity index (χ0v) is 10.9. The Hall–Kier alpha value is -0.810. The second-order valence-electron chi connectivity index (χ2n) is 4.63. The van der Waals surface area contributed by atoms with Gasteiger partial charge in [0, 0.05) is 24.7 Å². The predicted molar refractivity (Wildman–Crippen MR) is 68.2 cm³/mol. The molecule has 100 valence electrons. The van der Waals surface area contributed by atoms with Crippen LogP contribution in [0.25, 0.3) is 0 Å². The van der Waals surface area contributed by atoms with Crippen LogP contribution in [0.2, 0.25) is 0 Å². The normalized spacial score (nSPS) is 18.6. The highest BCUT2D eigenvalue weighted by Crippen LogP contribution is 2.33. The van der Waals surface area contributed by atoms with Gasteiger partial charge in [-0.1, -0.05) is 0 Å². The highest BCUT2D eigenvalue weighted by Gasteiger charge is 2.32. The molecule has 1 fully saturated rings. The average Bonchev–Trinajstić information content (AvgIpc) is 2.39. The first-order chi connectivity index (χ1) is 8.65. The first kappa shape index (κ1) is 13.6. The number of halogens is 2. The molecule has 0 N–H and O–H groups in total. The molecule has 0 atom stereocenters. The van der Waals surface area contributed by atoms with Crippen LogP contribution in [-0.4, -0.2) is 25.6 Å². The standard InChI is InChI=1S/C13H16F2O2S/c14-10-1-2-12(11(15)7-10)17-8-13(9-18)3-5-16-6-4-13/h1-2,7,18H,3-6,8-9H2. The van der Waals surface area contributed by atoms with Crippen molar-refractivity contribution in [1.82, 2.24) is 0 Å². The Kier molecular flexibility index (Phi) is 4.45. The molecule has 0 radical (unpaired) electrons. The predicted octanol–water partition coefficient (Wildman–Crippen LogP) is 3.07. The van der Waals surface area contributed by atoms with E-state index in [1.807, 2.05) is 0 Å². The largest absolute Gasteiger partial charge is 0.490 e. The minimum atomic E-state index is -0.670. The molecule has 1 aromatic rings. The Bertz CT molecular complexity index is 406. The minimum absolute atomic E-state index is 0.0812. The summed E-state index contributed by atoms with van der Waals surface area (Å²) < 4.78 is 37.0. The van der Waals surface area contributed by atoms with Crippen molar-refractivity contribution in [3.8, 4) is 5.75 Å². The van der Waals surface area contributed by atoms with E-state index in [0.717, 1.165) is 18.9 Å². The molecular weight excluding hydrogens is 258 g/mol. The number of ether oxygens (including phenoxy) is 2. The van der Waals surface area contributed by atoms with Gasteiger partial charge in [0.05, 0.1) is 6.61 Å². The van der Waals surface area contributed by atoms with Crippen molar-refractivity contribution < 1.29 is 18.3 Å². The highest BCUT2D eigenvalue weighted by molar-refractivity contribution is 7.80. The Morgan fingerprint density at radius 1 is 1.28 bits per heavy atom. The summed E-state index contributed by atoms with van der Waals surface area (Å²) in [4.78, 5) is 0. The molecule has 0 spiro atoms. The number of hydrogen-bond acceptors (Lipinski definition) is 3. The van der Waals surface area contributed by atoms with Crippen molar-refractivity contribution in [2.75, 3.05) is 25.6 Å². The molecule has 0 saturated carbocycles. The van der Waals surface area contributed by atoms with E-state index in [0.29, 0.717) is 25.6 Å². The quantitative estimate of drug-likeness (QED) is 0.851. The van der Waals surface area contributed by atoms with Gasteiger partial charge in [0.1, 0.15) is 5.82 Å². The molecule has 1 heterocycles. The molecule has 0 aromatic heterocycles. The summed E-state index contributed by atoms with van der Waals surface area (Å²) in [6, 6.07) is 3.33.